The average Bonchev–Trinajstić information content (AvgIpc) is 3.07. The van der Waals surface area contributed by atoms with Gasteiger partial charge in [0.15, 0.2) is 0 Å². The Balaban J connectivity index is -0.0000000622. The van der Waals surface area contributed by atoms with Crippen molar-refractivity contribution in [2.45, 2.75) is 265 Å². The van der Waals surface area contributed by atoms with Crippen molar-refractivity contribution in [1.29, 1.82) is 0 Å². The lowest BCUT2D eigenvalue weighted by atomic mass is 10.1. The van der Waals surface area contributed by atoms with Gasteiger partial charge in [0.25, 0.3) is 0 Å². The maximum Gasteiger partial charge on any atom is 0.0598 e. The van der Waals surface area contributed by atoms with Crippen molar-refractivity contribution >= 4 is 0 Å². The minimum Gasteiger partial charge on any atom is -0.381 e. The SMILES string of the molecule is C.C.C.C.C.C.C.C.C.CC(C)CCCCCOC(C)(C)C.CC(C)CCCOCC/C=C\CCOCCCOC(C)(C)C.CC(C)CCCOCCNCCOCCCOC(C)(C)C. The summed E-state index contributed by atoms with van der Waals surface area (Å²) in [6.07, 6.45) is 18.4. The zero-order chi connectivity index (χ0) is 43.0. The van der Waals surface area contributed by atoms with Gasteiger partial charge >= 0.3 is 0 Å². The molecule has 0 aromatic heterocycles. The molecule has 0 aliphatic heterocycles. The highest BCUT2D eigenvalue weighted by Gasteiger charge is 2.10. The van der Waals surface area contributed by atoms with Gasteiger partial charge in [-0.1, -0.05) is 140 Å². The van der Waals surface area contributed by atoms with Crippen LogP contribution >= 0.6 is 0 Å². The van der Waals surface area contributed by atoms with Crippen LogP contribution in [0.3, 0.4) is 0 Å². The first-order valence-corrected chi connectivity index (χ1v) is 22.8. The van der Waals surface area contributed by atoms with Crippen LogP contribution < -0.4 is 5.32 Å². The van der Waals surface area contributed by atoms with Gasteiger partial charge in [-0.15, -0.1) is 0 Å². The van der Waals surface area contributed by atoms with Gasteiger partial charge in [-0.2, -0.15) is 0 Å². The Morgan fingerprint density at radius 3 is 0.908 bits per heavy atom. The molecule has 0 rings (SSSR count). The van der Waals surface area contributed by atoms with Crippen LogP contribution in [0.2, 0.25) is 0 Å². The van der Waals surface area contributed by atoms with Gasteiger partial charge in [-0.3, -0.25) is 0 Å². The van der Waals surface area contributed by atoms with Crippen molar-refractivity contribution in [3.05, 3.63) is 12.2 Å². The van der Waals surface area contributed by atoms with E-state index in [1.54, 1.807) is 0 Å². The fourth-order valence-electron chi connectivity index (χ4n) is 4.84. The molecule has 1 N–H and O–H groups in total. The third-order valence-electron chi connectivity index (χ3n) is 7.91. The Hall–Kier alpha value is -0.580. The van der Waals surface area contributed by atoms with Crippen LogP contribution in [0.25, 0.3) is 0 Å². The number of nitrogens with one attached hydrogen (secondary N) is 1. The zero-order valence-corrected chi connectivity index (χ0v) is 40.4. The molecule has 0 aliphatic rings. The number of unbranched alkanes of at least 4 members (excludes halogenated alkanes) is 2. The summed E-state index contributed by atoms with van der Waals surface area (Å²) in [6.45, 7) is 43.1. The molecule has 0 saturated heterocycles. The molecule has 8 heteroatoms. The minimum atomic E-state index is -0.0449. The number of rotatable bonds is 34. The molecule has 0 fully saturated rings. The Morgan fingerprint density at radius 1 is 0.323 bits per heavy atom. The first-order chi connectivity index (χ1) is 26.2. The quantitative estimate of drug-likeness (QED) is 0.0505. The summed E-state index contributed by atoms with van der Waals surface area (Å²) in [5.41, 5.74) is -0.0473. The van der Waals surface area contributed by atoms with E-state index in [1.807, 2.05) is 0 Å². The van der Waals surface area contributed by atoms with E-state index in [9.17, 15) is 0 Å². The third-order valence-corrected chi connectivity index (χ3v) is 7.91. The smallest absolute Gasteiger partial charge is 0.0598 e. The predicted molar refractivity (Wildman–Crippen MR) is 303 cm³/mol. The molecule has 0 aromatic rings. The summed E-state index contributed by atoms with van der Waals surface area (Å²) in [5.74, 6) is 2.41. The van der Waals surface area contributed by atoms with E-state index >= 15 is 0 Å². The van der Waals surface area contributed by atoms with Crippen molar-refractivity contribution in [3.8, 4) is 0 Å². The number of hydrogen-bond donors (Lipinski definition) is 1. The van der Waals surface area contributed by atoms with Gasteiger partial charge < -0.3 is 38.5 Å². The van der Waals surface area contributed by atoms with Gasteiger partial charge in [-0.05, 0) is 138 Å². The average molecular weight is 949 g/mol. The second-order valence-corrected chi connectivity index (χ2v) is 19.2. The summed E-state index contributed by atoms with van der Waals surface area (Å²) >= 11 is 0. The largest absolute Gasteiger partial charge is 0.381 e. The normalized spacial score (nSPS) is 10.7. The summed E-state index contributed by atoms with van der Waals surface area (Å²) in [5, 5.41) is 3.32. The van der Waals surface area contributed by atoms with Crippen LogP contribution in [0.4, 0.5) is 0 Å². The van der Waals surface area contributed by atoms with Crippen molar-refractivity contribution in [2.75, 3.05) is 85.8 Å². The van der Waals surface area contributed by atoms with Gasteiger partial charge in [0.2, 0.25) is 0 Å². The zero-order valence-electron chi connectivity index (χ0n) is 40.4. The van der Waals surface area contributed by atoms with Crippen molar-refractivity contribution in [2.24, 2.45) is 17.8 Å². The maximum atomic E-state index is 5.64. The van der Waals surface area contributed by atoms with E-state index in [1.165, 1.54) is 44.9 Å². The second-order valence-electron chi connectivity index (χ2n) is 19.2. The first kappa shape index (κ1) is 94.3. The molecule has 412 valence electrons. The summed E-state index contributed by atoms with van der Waals surface area (Å²) in [6, 6.07) is 0. The molecule has 65 heavy (non-hydrogen) atoms. The highest BCUT2D eigenvalue weighted by Crippen LogP contribution is 2.12. The van der Waals surface area contributed by atoms with Gasteiger partial charge in [0.1, 0.15) is 0 Å². The van der Waals surface area contributed by atoms with E-state index in [0.29, 0.717) is 0 Å². The van der Waals surface area contributed by atoms with E-state index in [2.05, 4.69) is 121 Å². The van der Waals surface area contributed by atoms with Crippen LogP contribution in [-0.4, -0.2) is 103 Å². The molecule has 0 atom stereocenters. The van der Waals surface area contributed by atoms with Crippen molar-refractivity contribution in [3.63, 3.8) is 0 Å². The molecule has 0 saturated carbocycles. The topological polar surface area (TPSA) is 76.6 Å². The van der Waals surface area contributed by atoms with Crippen LogP contribution in [0.1, 0.15) is 248 Å². The van der Waals surface area contributed by atoms with E-state index in [4.69, 9.17) is 33.2 Å². The van der Waals surface area contributed by atoms with E-state index in [-0.39, 0.29) is 83.6 Å². The molecular formula is C57H137NO7. The molecule has 0 aromatic carbocycles. The molecule has 0 radical (unpaired) electrons. The molecule has 0 spiro atoms. The Kier molecular flexibility index (Phi) is 95.0. The lowest BCUT2D eigenvalue weighted by Crippen LogP contribution is -2.24. The molecule has 0 heterocycles. The fourth-order valence-corrected chi connectivity index (χ4v) is 4.84. The summed E-state index contributed by atoms with van der Waals surface area (Å²) in [4.78, 5) is 0. The van der Waals surface area contributed by atoms with Gasteiger partial charge in [0.05, 0.1) is 43.2 Å². The monoisotopic (exact) mass is 948 g/mol. The second kappa shape index (κ2) is 65.5. The van der Waals surface area contributed by atoms with Crippen molar-refractivity contribution < 1.29 is 33.2 Å². The number of ether oxygens (including phenoxy) is 7. The molecule has 0 bridgehead atoms. The van der Waals surface area contributed by atoms with Crippen LogP contribution in [-0.2, 0) is 33.2 Å². The minimum absolute atomic E-state index is 0. The highest BCUT2D eigenvalue weighted by molar-refractivity contribution is 4.81. The van der Waals surface area contributed by atoms with Gasteiger partial charge in [0, 0.05) is 59.3 Å². The lowest BCUT2D eigenvalue weighted by molar-refractivity contribution is -0.0141. The molecule has 0 aliphatic carbocycles. The molecule has 0 unspecified atom stereocenters. The maximum absolute atomic E-state index is 5.64. The standard InChI is InChI=1S/C19H38O3.C17H37NO3.C12H26O.9CH4/c1-18(2)12-10-15-20-13-8-6-7-9-14-21-16-11-17-22-19(3,4)5;1-16(2)8-6-11-19-14-9-18-10-15-20-12-7-13-21-17(3,4)5;1-11(2)9-7-6-8-10-13-12(3,4)5;;;;;;;;;/h6-7,18H,8-17H2,1-5H3;16,18H,6-15H2,1-5H3;11H,6-10H2,1-5H3;9*1H4/b7-6-;;;;;;;;;;;. The van der Waals surface area contributed by atoms with Crippen LogP contribution in [0, 0.1) is 17.8 Å². The van der Waals surface area contributed by atoms with Gasteiger partial charge in [-0.25, -0.2) is 0 Å². The van der Waals surface area contributed by atoms with Crippen LogP contribution in [0.15, 0.2) is 12.2 Å². The Labute approximate surface area is 417 Å². The third kappa shape index (κ3) is 111. The lowest BCUT2D eigenvalue weighted by Gasteiger charge is -2.19. The van der Waals surface area contributed by atoms with E-state index in [0.717, 1.165) is 136 Å². The number of hydrogen-bond acceptors (Lipinski definition) is 8. The van der Waals surface area contributed by atoms with Crippen molar-refractivity contribution in [1.82, 2.24) is 5.32 Å². The Bertz CT molecular complexity index is 784. The molecular weight excluding hydrogens is 811 g/mol. The first-order valence-electron chi connectivity index (χ1n) is 22.8. The predicted octanol–water partition coefficient (Wildman–Crippen LogP) is 18.0. The Morgan fingerprint density at radius 2 is 0.600 bits per heavy atom. The summed E-state index contributed by atoms with van der Waals surface area (Å²) in [7, 11) is 0. The van der Waals surface area contributed by atoms with Crippen LogP contribution in [0.5, 0.6) is 0 Å². The fraction of sp³-hybridized carbons (Fsp3) is 0.965. The van der Waals surface area contributed by atoms with E-state index < -0.39 is 0 Å². The highest BCUT2D eigenvalue weighted by atomic mass is 16.5. The summed E-state index contributed by atoms with van der Waals surface area (Å²) < 4.78 is 39.1. The molecule has 8 nitrogen and oxygen atoms in total. The molecule has 0 amide bonds.